The Bertz CT molecular complexity index is 3450. The number of aromatic nitrogens is 4. The summed E-state index contributed by atoms with van der Waals surface area (Å²) >= 11 is 0. The van der Waals surface area contributed by atoms with Crippen LogP contribution in [0, 0.1) is 5.41 Å². The zero-order chi connectivity index (χ0) is 39.4. The number of pyridine rings is 2. The number of para-hydroxylation sites is 3. The number of rotatable bonds is 5. The Morgan fingerprint density at radius 1 is 0.500 bits per heavy atom. The van der Waals surface area contributed by atoms with Crippen molar-refractivity contribution in [2.24, 2.45) is 5.41 Å². The maximum absolute atomic E-state index is 7.13. The molecule has 290 valence electrons. The molecule has 0 aliphatic heterocycles. The Kier molecular flexibility index (Phi) is 7.48. The van der Waals surface area contributed by atoms with E-state index in [0.717, 1.165) is 50.4 Å². The van der Waals surface area contributed by atoms with Crippen molar-refractivity contribution < 1.29 is 4.74 Å². The van der Waals surface area contributed by atoms with Crippen molar-refractivity contribution >= 4 is 70.7 Å². The van der Waals surface area contributed by atoms with Crippen LogP contribution in [0.4, 0.5) is 0 Å². The third kappa shape index (κ3) is 5.11. The van der Waals surface area contributed by atoms with E-state index in [2.05, 4.69) is 142 Å². The summed E-state index contributed by atoms with van der Waals surface area (Å²) in [7, 11) is 0. The van der Waals surface area contributed by atoms with Gasteiger partial charge in [-0.1, -0.05) is 86.0 Å². The van der Waals surface area contributed by atoms with Gasteiger partial charge in [-0.15, -0.1) is 0 Å². The van der Waals surface area contributed by atoms with Crippen molar-refractivity contribution in [3.05, 3.63) is 157 Å². The third-order valence-electron chi connectivity index (χ3n) is 14.5. The second kappa shape index (κ2) is 13.1. The lowest BCUT2D eigenvalue weighted by Crippen LogP contribution is -2.29. The molecule has 5 heteroatoms. The van der Waals surface area contributed by atoms with Crippen LogP contribution in [0.15, 0.2) is 152 Å². The summed E-state index contributed by atoms with van der Waals surface area (Å²) in [5.74, 6) is 3.14. The summed E-state index contributed by atoms with van der Waals surface area (Å²) in [6.45, 7) is 0. The fourth-order valence-electron chi connectivity index (χ4n) is 11.6. The van der Waals surface area contributed by atoms with E-state index in [1.807, 2.05) is 18.5 Å². The monoisotopic (exact) mass is 776 g/mol. The minimum absolute atomic E-state index is 0.584. The second-order valence-electron chi connectivity index (χ2n) is 17.7. The first-order valence-corrected chi connectivity index (χ1v) is 21.9. The fraction of sp³-hybridized carbons (Fsp3) is 0.200. The molecule has 1 spiro atoms. The first-order chi connectivity index (χ1) is 29.7. The van der Waals surface area contributed by atoms with E-state index in [-0.39, 0.29) is 0 Å². The maximum atomic E-state index is 7.13. The molecule has 0 radical (unpaired) electrons. The molecule has 2 saturated carbocycles. The number of hydrogen-bond donors (Lipinski definition) is 0. The highest BCUT2D eigenvalue weighted by atomic mass is 16.5. The van der Waals surface area contributed by atoms with Gasteiger partial charge in [0.2, 0.25) is 0 Å². The minimum atomic E-state index is 0.584. The Hall–Kier alpha value is -6.72. The molecule has 60 heavy (non-hydrogen) atoms. The topological polar surface area (TPSA) is 44.4 Å². The molecule has 13 rings (SSSR count). The van der Waals surface area contributed by atoms with Crippen LogP contribution in [-0.4, -0.2) is 18.9 Å². The van der Waals surface area contributed by atoms with E-state index in [9.17, 15) is 0 Å². The Morgan fingerprint density at radius 2 is 1.18 bits per heavy atom. The number of benzene rings is 6. The molecule has 5 aromatic heterocycles. The van der Waals surface area contributed by atoms with Gasteiger partial charge in [-0.3, -0.25) is 9.55 Å². The van der Waals surface area contributed by atoms with Crippen molar-refractivity contribution in [1.82, 2.24) is 18.9 Å². The lowest BCUT2D eigenvalue weighted by molar-refractivity contribution is 0.114. The lowest BCUT2D eigenvalue weighted by Gasteiger charge is -2.43. The number of ether oxygens (including phenoxy) is 1. The van der Waals surface area contributed by atoms with Crippen molar-refractivity contribution in [2.75, 3.05) is 0 Å². The summed E-state index contributed by atoms with van der Waals surface area (Å²) < 4.78 is 11.9. The van der Waals surface area contributed by atoms with Gasteiger partial charge in [-0.05, 0) is 122 Å². The zero-order valence-electron chi connectivity index (χ0n) is 33.6. The van der Waals surface area contributed by atoms with Crippen molar-refractivity contribution in [3.63, 3.8) is 0 Å². The van der Waals surface area contributed by atoms with Gasteiger partial charge in [0.15, 0.2) is 0 Å². The normalized spacial score (nSPS) is 16.1. The highest BCUT2D eigenvalue weighted by Gasteiger charge is 2.36. The molecule has 5 nitrogen and oxygen atoms in total. The molecular formula is C55H44N4O. The van der Waals surface area contributed by atoms with Gasteiger partial charge in [0.05, 0.1) is 33.3 Å². The smallest absolute Gasteiger partial charge is 0.137 e. The lowest BCUT2D eigenvalue weighted by atomic mass is 9.62. The molecule has 0 unspecified atom stereocenters. The molecule has 11 aromatic rings. The van der Waals surface area contributed by atoms with Crippen LogP contribution in [0.1, 0.15) is 69.3 Å². The molecule has 2 aliphatic carbocycles. The van der Waals surface area contributed by atoms with Crippen LogP contribution < -0.4 is 4.74 Å². The molecule has 2 fully saturated rings. The minimum Gasteiger partial charge on any atom is -0.457 e. The van der Waals surface area contributed by atoms with Crippen LogP contribution in [0.25, 0.3) is 87.7 Å². The van der Waals surface area contributed by atoms with E-state index >= 15 is 0 Å². The average Bonchev–Trinajstić information content (AvgIpc) is 3.95. The maximum Gasteiger partial charge on any atom is 0.137 e. The van der Waals surface area contributed by atoms with Gasteiger partial charge in [0.25, 0.3) is 0 Å². The first-order valence-electron chi connectivity index (χ1n) is 21.9. The summed E-state index contributed by atoms with van der Waals surface area (Å²) in [6.07, 6.45) is 16.3. The van der Waals surface area contributed by atoms with Gasteiger partial charge < -0.3 is 9.14 Å². The van der Waals surface area contributed by atoms with Gasteiger partial charge in [-0.25, -0.2) is 4.98 Å². The summed E-state index contributed by atoms with van der Waals surface area (Å²) in [5, 5.41) is 9.64. The predicted octanol–water partition coefficient (Wildman–Crippen LogP) is 14.9. The fourth-order valence-corrected chi connectivity index (χ4v) is 11.6. The number of hydrogen-bond acceptors (Lipinski definition) is 3. The zero-order valence-corrected chi connectivity index (χ0v) is 33.6. The van der Waals surface area contributed by atoms with E-state index in [0.29, 0.717) is 11.3 Å². The molecule has 0 saturated heterocycles. The summed E-state index contributed by atoms with van der Waals surface area (Å²) in [4.78, 5) is 9.87. The van der Waals surface area contributed by atoms with Crippen molar-refractivity contribution in [2.45, 2.75) is 63.7 Å². The Morgan fingerprint density at radius 3 is 2.02 bits per heavy atom. The molecular weight excluding hydrogens is 733 g/mol. The second-order valence-corrected chi connectivity index (χ2v) is 17.7. The van der Waals surface area contributed by atoms with Crippen LogP contribution in [0.2, 0.25) is 0 Å². The van der Waals surface area contributed by atoms with Gasteiger partial charge in [0, 0.05) is 67.1 Å². The molecule has 0 atom stereocenters. The highest BCUT2D eigenvalue weighted by molar-refractivity contribution is 6.27. The van der Waals surface area contributed by atoms with E-state index in [1.165, 1.54) is 112 Å². The standard InChI is InChI=1S/C55H44N4O/c1-7-25-55(26-8-1)27-22-35(23-28-55)36-24-30-57-52(33-36)58-48-16-4-2-11-39(48)41-19-18-38(34-50(41)58)60-51-32-37(47-15-6-9-29-56-47)31-46-42(51)20-21-45-44-14-10-13-43-40-12-3-5-17-49(40)59(53(43)44)54(45)46/h2-6,9-21,24,29-35H,1,7-8,22-23,25-28H2. The molecule has 0 bridgehead atoms. The largest absolute Gasteiger partial charge is 0.457 e. The van der Waals surface area contributed by atoms with E-state index in [1.54, 1.807) is 0 Å². The van der Waals surface area contributed by atoms with E-state index in [4.69, 9.17) is 14.7 Å². The number of nitrogens with zero attached hydrogens (tertiary/aromatic N) is 4. The SMILES string of the molecule is c1ccc(-c2cc(Oc3ccc4c5ccccc5n(-c5cc(C6CCC7(CCCCC7)CC6)ccn5)c4c3)c3ccc4c5cccc6c7ccccc7n(c4c3c2)c65)nc1. The van der Waals surface area contributed by atoms with Crippen molar-refractivity contribution in [1.29, 1.82) is 0 Å². The van der Waals surface area contributed by atoms with Crippen LogP contribution in [0.3, 0.4) is 0 Å². The predicted molar refractivity (Wildman–Crippen MR) is 247 cm³/mol. The van der Waals surface area contributed by atoms with Gasteiger partial charge >= 0.3 is 0 Å². The van der Waals surface area contributed by atoms with Crippen LogP contribution in [0.5, 0.6) is 11.5 Å². The van der Waals surface area contributed by atoms with Crippen LogP contribution in [-0.2, 0) is 0 Å². The first kappa shape index (κ1) is 34.2. The Labute approximate surface area is 348 Å². The quantitative estimate of drug-likeness (QED) is 0.175. The average molecular weight is 777 g/mol. The molecule has 0 N–H and O–H groups in total. The molecule has 6 aromatic carbocycles. The number of fused-ring (bicyclic) bond motifs is 11. The van der Waals surface area contributed by atoms with Gasteiger partial charge in [0.1, 0.15) is 17.3 Å². The molecule has 5 heterocycles. The van der Waals surface area contributed by atoms with Crippen molar-refractivity contribution in [3.8, 4) is 28.6 Å². The highest BCUT2D eigenvalue weighted by Crippen LogP contribution is 2.51. The van der Waals surface area contributed by atoms with Crippen LogP contribution >= 0.6 is 0 Å². The summed E-state index contributed by atoms with van der Waals surface area (Å²) in [6, 6.07) is 50.5. The molecule has 0 amide bonds. The third-order valence-corrected chi connectivity index (χ3v) is 14.5. The summed E-state index contributed by atoms with van der Waals surface area (Å²) in [5.41, 5.74) is 9.86. The molecule has 2 aliphatic rings. The van der Waals surface area contributed by atoms with E-state index < -0.39 is 0 Å². The van der Waals surface area contributed by atoms with Gasteiger partial charge in [-0.2, -0.15) is 0 Å². The Balaban J connectivity index is 0.967.